The van der Waals surface area contributed by atoms with Gasteiger partial charge in [0.25, 0.3) is 5.91 Å². The van der Waals surface area contributed by atoms with E-state index in [0.29, 0.717) is 18.1 Å². The minimum absolute atomic E-state index is 0.185. The fourth-order valence-electron chi connectivity index (χ4n) is 3.05. The zero-order valence-corrected chi connectivity index (χ0v) is 17.4. The van der Waals surface area contributed by atoms with E-state index in [-0.39, 0.29) is 30.8 Å². The van der Waals surface area contributed by atoms with Crippen molar-refractivity contribution in [3.8, 4) is 5.75 Å². The first-order chi connectivity index (χ1) is 13.8. The van der Waals surface area contributed by atoms with Gasteiger partial charge in [0.05, 0.1) is 0 Å². The van der Waals surface area contributed by atoms with E-state index in [9.17, 15) is 14.0 Å². The average Bonchev–Trinajstić information content (AvgIpc) is 2.73. The molecule has 1 N–H and O–H groups in total. The highest BCUT2D eigenvalue weighted by atomic mass is 19.1. The maximum Gasteiger partial charge on any atom is 0.261 e. The van der Waals surface area contributed by atoms with Crippen LogP contribution in [0.3, 0.4) is 0 Å². The van der Waals surface area contributed by atoms with E-state index in [4.69, 9.17) is 4.74 Å². The van der Waals surface area contributed by atoms with E-state index in [2.05, 4.69) is 19.2 Å². The summed E-state index contributed by atoms with van der Waals surface area (Å²) in [5.74, 6) is 0.104. The zero-order valence-electron chi connectivity index (χ0n) is 17.4. The second kappa shape index (κ2) is 10.6. The van der Waals surface area contributed by atoms with Crippen LogP contribution in [0.5, 0.6) is 5.75 Å². The zero-order chi connectivity index (χ0) is 21.4. The lowest BCUT2D eigenvalue weighted by Crippen LogP contribution is -2.49. The summed E-state index contributed by atoms with van der Waals surface area (Å²) < 4.78 is 18.9. The molecule has 0 aromatic heterocycles. The summed E-state index contributed by atoms with van der Waals surface area (Å²) in [5, 5.41) is 2.60. The summed E-state index contributed by atoms with van der Waals surface area (Å²) in [7, 11) is 1.54. The molecule has 2 aromatic rings. The van der Waals surface area contributed by atoms with Crippen LogP contribution in [0.2, 0.25) is 0 Å². The molecule has 1 atom stereocenters. The number of ether oxygens (including phenoxy) is 1. The van der Waals surface area contributed by atoms with Crippen LogP contribution >= 0.6 is 0 Å². The molecular formula is C23H29FN2O3. The molecule has 29 heavy (non-hydrogen) atoms. The van der Waals surface area contributed by atoms with Gasteiger partial charge in [0.2, 0.25) is 5.91 Å². The van der Waals surface area contributed by atoms with Crippen LogP contribution in [0.4, 0.5) is 4.39 Å². The van der Waals surface area contributed by atoms with Gasteiger partial charge in [-0.25, -0.2) is 4.39 Å². The summed E-state index contributed by atoms with van der Waals surface area (Å²) in [6, 6.07) is 12.9. The lowest BCUT2D eigenvalue weighted by atomic mass is 10.0. The Morgan fingerprint density at radius 3 is 2.21 bits per heavy atom. The van der Waals surface area contributed by atoms with Crippen LogP contribution in [0, 0.1) is 5.82 Å². The molecular weight excluding hydrogens is 371 g/mol. The topological polar surface area (TPSA) is 58.6 Å². The quantitative estimate of drug-likeness (QED) is 0.695. The first-order valence-electron chi connectivity index (χ1n) is 9.84. The maximum absolute atomic E-state index is 13.2. The standard InChI is InChI=1S/C23H29FN2O3/c1-5-21(23(28)25-4)26(14-17-6-10-19(24)11-7-17)22(27)15-29-20-12-8-18(9-13-20)16(2)3/h6-13,16,21H,5,14-15H2,1-4H3,(H,25,28)/t21-/m0/s1. The fraction of sp³-hybridized carbons (Fsp3) is 0.391. The smallest absolute Gasteiger partial charge is 0.261 e. The van der Waals surface area contributed by atoms with Gasteiger partial charge in [-0.3, -0.25) is 9.59 Å². The maximum atomic E-state index is 13.2. The van der Waals surface area contributed by atoms with E-state index in [1.54, 1.807) is 19.2 Å². The predicted molar refractivity (Wildman–Crippen MR) is 111 cm³/mol. The third-order valence-electron chi connectivity index (χ3n) is 4.81. The highest BCUT2D eigenvalue weighted by Crippen LogP contribution is 2.19. The van der Waals surface area contributed by atoms with Gasteiger partial charge in [-0.1, -0.05) is 45.0 Å². The van der Waals surface area contributed by atoms with Crippen LogP contribution in [0.15, 0.2) is 48.5 Å². The summed E-state index contributed by atoms with van der Waals surface area (Å²) in [5.41, 5.74) is 1.93. The Kier molecular flexibility index (Phi) is 8.19. The van der Waals surface area contributed by atoms with Crippen molar-refractivity contribution < 1.29 is 18.7 Å². The number of hydrogen-bond acceptors (Lipinski definition) is 3. The summed E-state index contributed by atoms with van der Waals surface area (Å²) >= 11 is 0. The lowest BCUT2D eigenvalue weighted by molar-refractivity contribution is -0.142. The van der Waals surface area contributed by atoms with Gasteiger partial charge in [-0.05, 0) is 47.7 Å². The number of halogens is 1. The first kappa shape index (κ1) is 22.4. The Bertz CT molecular complexity index is 804. The van der Waals surface area contributed by atoms with Crippen LogP contribution in [-0.4, -0.2) is 36.4 Å². The van der Waals surface area contributed by atoms with Crippen molar-refractivity contribution in [3.63, 3.8) is 0 Å². The molecule has 0 aliphatic heterocycles. The lowest BCUT2D eigenvalue weighted by Gasteiger charge is -2.30. The van der Waals surface area contributed by atoms with E-state index in [1.165, 1.54) is 22.6 Å². The minimum Gasteiger partial charge on any atom is -0.484 e. The van der Waals surface area contributed by atoms with Gasteiger partial charge in [0.15, 0.2) is 6.61 Å². The van der Waals surface area contributed by atoms with E-state index in [0.717, 1.165) is 5.56 Å². The molecule has 6 heteroatoms. The van der Waals surface area contributed by atoms with Crippen molar-refractivity contribution >= 4 is 11.8 Å². The molecule has 0 saturated heterocycles. The van der Waals surface area contributed by atoms with Crippen LogP contribution in [0.1, 0.15) is 44.2 Å². The van der Waals surface area contributed by atoms with E-state index >= 15 is 0 Å². The SMILES string of the molecule is CC[C@@H](C(=O)NC)N(Cc1ccc(F)cc1)C(=O)COc1ccc(C(C)C)cc1. The van der Waals surface area contributed by atoms with Crippen molar-refractivity contribution in [2.45, 2.75) is 45.7 Å². The third-order valence-corrected chi connectivity index (χ3v) is 4.81. The molecule has 0 spiro atoms. The van der Waals surface area contributed by atoms with Crippen molar-refractivity contribution in [1.29, 1.82) is 0 Å². The van der Waals surface area contributed by atoms with Gasteiger partial charge in [-0.15, -0.1) is 0 Å². The number of hydrogen-bond donors (Lipinski definition) is 1. The Labute approximate surface area is 171 Å². The van der Waals surface area contributed by atoms with Gasteiger partial charge in [-0.2, -0.15) is 0 Å². The molecule has 2 aromatic carbocycles. The molecule has 0 heterocycles. The Balaban J connectivity index is 2.14. The number of carbonyl (C=O) groups is 2. The fourth-order valence-corrected chi connectivity index (χ4v) is 3.05. The molecule has 0 aliphatic rings. The molecule has 0 bridgehead atoms. The molecule has 0 saturated carbocycles. The van der Waals surface area contributed by atoms with Crippen molar-refractivity contribution in [2.24, 2.45) is 0 Å². The number of nitrogens with one attached hydrogen (secondary N) is 1. The summed E-state index contributed by atoms with van der Waals surface area (Å²) in [6.45, 7) is 6.07. The highest BCUT2D eigenvalue weighted by Gasteiger charge is 2.28. The van der Waals surface area contributed by atoms with Gasteiger partial charge < -0.3 is 15.0 Å². The summed E-state index contributed by atoms with van der Waals surface area (Å²) in [4.78, 5) is 26.7. The van der Waals surface area contributed by atoms with Crippen LogP contribution < -0.4 is 10.1 Å². The van der Waals surface area contributed by atoms with Crippen molar-refractivity contribution in [3.05, 3.63) is 65.5 Å². The number of benzene rings is 2. The van der Waals surface area contributed by atoms with E-state index < -0.39 is 6.04 Å². The van der Waals surface area contributed by atoms with Crippen molar-refractivity contribution in [1.82, 2.24) is 10.2 Å². The Morgan fingerprint density at radius 2 is 1.69 bits per heavy atom. The van der Waals surface area contributed by atoms with Gasteiger partial charge in [0.1, 0.15) is 17.6 Å². The minimum atomic E-state index is -0.635. The number of nitrogens with zero attached hydrogens (tertiary/aromatic N) is 1. The molecule has 0 radical (unpaired) electrons. The average molecular weight is 400 g/mol. The molecule has 0 aliphatic carbocycles. The largest absolute Gasteiger partial charge is 0.484 e. The van der Waals surface area contributed by atoms with Gasteiger partial charge >= 0.3 is 0 Å². The normalized spacial score (nSPS) is 11.8. The second-order valence-corrected chi connectivity index (χ2v) is 7.20. The molecule has 156 valence electrons. The molecule has 0 unspecified atom stereocenters. The van der Waals surface area contributed by atoms with Crippen LogP contribution in [-0.2, 0) is 16.1 Å². The van der Waals surface area contributed by atoms with E-state index in [1.807, 2.05) is 31.2 Å². The number of likely N-dealkylation sites (N-methyl/N-ethyl adjacent to an activating group) is 1. The van der Waals surface area contributed by atoms with Crippen molar-refractivity contribution in [2.75, 3.05) is 13.7 Å². The second-order valence-electron chi connectivity index (χ2n) is 7.20. The van der Waals surface area contributed by atoms with Gasteiger partial charge in [0, 0.05) is 13.6 Å². The Hall–Kier alpha value is -2.89. The molecule has 0 fully saturated rings. The molecule has 2 rings (SSSR count). The number of amides is 2. The monoisotopic (exact) mass is 400 g/mol. The highest BCUT2D eigenvalue weighted by molar-refractivity contribution is 5.88. The third kappa shape index (κ3) is 6.31. The summed E-state index contributed by atoms with van der Waals surface area (Å²) in [6.07, 6.45) is 0.454. The van der Waals surface area contributed by atoms with Crippen LogP contribution in [0.25, 0.3) is 0 Å². The Morgan fingerprint density at radius 1 is 1.07 bits per heavy atom. The molecule has 5 nitrogen and oxygen atoms in total. The number of carbonyl (C=O) groups excluding carboxylic acids is 2. The molecule has 2 amide bonds. The predicted octanol–water partition coefficient (Wildman–Crippen LogP) is 3.88. The first-order valence-corrected chi connectivity index (χ1v) is 9.84. The number of rotatable bonds is 9.